The van der Waals surface area contributed by atoms with Gasteiger partial charge < -0.3 is 0 Å². The lowest BCUT2D eigenvalue weighted by Gasteiger charge is -2.08. The zero-order valence-corrected chi connectivity index (χ0v) is 13.1. The molecule has 1 N–H and O–H groups in total. The molecule has 0 aliphatic carbocycles. The van der Waals surface area contributed by atoms with E-state index in [-0.39, 0.29) is 11.4 Å². The average Bonchev–Trinajstić information content (AvgIpc) is 2.49. The second-order valence-electron chi connectivity index (χ2n) is 4.94. The highest BCUT2D eigenvalue weighted by molar-refractivity contribution is 7.89. The third kappa shape index (κ3) is 4.11. The first-order valence-corrected chi connectivity index (χ1v) is 8.27. The number of sulfonamides is 1. The van der Waals surface area contributed by atoms with Crippen molar-refractivity contribution in [3.05, 3.63) is 69.5 Å². The SMILES string of the molecule is Cc1ccccc1CCNS(=O)(=O)c1ccc(F)c([N+](=O)[O-])c1. The molecule has 8 heteroatoms. The summed E-state index contributed by atoms with van der Waals surface area (Å²) in [5.74, 6) is -1.08. The third-order valence-corrected chi connectivity index (χ3v) is 4.83. The highest BCUT2D eigenvalue weighted by Crippen LogP contribution is 2.21. The van der Waals surface area contributed by atoms with Crippen LogP contribution < -0.4 is 4.72 Å². The molecule has 0 saturated heterocycles. The number of hydrogen-bond donors (Lipinski definition) is 1. The first-order chi connectivity index (χ1) is 10.8. The molecule has 0 radical (unpaired) electrons. The summed E-state index contributed by atoms with van der Waals surface area (Å²) >= 11 is 0. The van der Waals surface area contributed by atoms with E-state index in [1.165, 1.54) is 0 Å². The second kappa shape index (κ2) is 6.84. The van der Waals surface area contributed by atoms with Crippen LogP contribution in [0, 0.1) is 22.9 Å². The van der Waals surface area contributed by atoms with Crippen LogP contribution in [0.15, 0.2) is 47.4 Å². The van der Waals surface area contributed by atoms with Gasteiger partial charge in [-0.15, -0.1) is 0 Å². The number of benzene rings is 2. The van der Waals surface area contributed by atoms with Crippen LogP contribution >= 0.6 is 0 Å². The monoisotopic (exact) mass is 338 g/mol. The number of nitro benzene ring substituents is 1. The fraction of sp³-hybridized carbons (Fsp3) is 0.200. The maximum absolute atomic E-state index is 13.3. The second-order valence-corrected chi connectivity index (χ2v) is 6.71. The van der Waals surface area contributed by atoms with E-state index in [0.29, 0.717) is 12.5 Å². The van der Waals surface area contributed by atoms with E-state index in [1.54, 1.807) is 0 Å². The van der Waals surface area contributed by atoms with E-state index >= 15 is 0 Å². The van der Waals surface area contributed by atoms with E-state index < -0.39 is 26.5 Å². The van der Waals surface area contributed by atoms with Crippen LogP contribution in [0.2, 0.25) is 0 Å². The van der Waals surface area contributed by atoms with Gasteiger partial charge in [0.25, 0.3) is 0 Å². The topological polar surface area (TPSA) is 89.3 Å². The van der Waals surface area contributed by atoms with E-state index in [1.807, 2.05) is 31.2 Å². The van der Waals surface area contributed by atoms with E-state index in [4.69, 9.17) is 0 Å². The molecule has 0 heterocycles. The van der Waals surface area contributed by atoms with Crippen LogP contribution in [0.5, 0.6) is 0 Å². The summed E-state index contributed by atoms with van der Waals surface area (Å²) in [5.41, 5.74) is 1.18. The maximum atomic E-state index is 13.3. The smallest absolute Gasteiger partial charge is 0.258 e. The Bertz CT molecular complexity index is 837. The van der Waals surface area contributed by atoms with Crippen LogP contribution in [0.3, 0.4) is 0 Å². The lowest BCUT2D eigenvalue weighted by Crippen LogP contribution is -2.26. The van der Waals surface area contributed by atoms with Crippen molar-refractivity contribution in [2.24, 2.45) is 0 Å². The van der Waals surface area contributed by atoms with Crippen LogP contribution in [0.4, 0.5) is 10.1 Å². The lowest BCUT2D eigenvalue weighted by atomic mass is 10.1. The molecule has 0 spiro atoms. The normalized spacial score (nSPS) is 11.4. The molecule has 0 unspecified atom stereocenters. The minimum atomic E-state index is -3.94. The fourth-order valence-corrected chi connectivity index (χ4v) is 3.14. The summed E-state index contributed by atoms with van der Waals surface area (Å²) in [7, 11) is -3.94. The molecule has 2 aromatic carbocycles. The predicted molar refractivity (Wildman–Crippen MR) is 83.1 cm³/mol. The van der Waals surface area contributed by atoms with Gasteiger partial charge in [0, 0.05) is 12.6 Å². The summed E-state index contributed by atoms with van der Waals surface area (Å²) in [5, 5.41) is 10.7. The summed E-state index contributed by atoms with van der Waals surface area (Å²) < 4.78 is 39.9. The highest BCUT2D eigenvalue weighted by atomic mass is 32.2. The maximum Gasteiger partial charge on any atom is 0.306 e. The molecule has 2 rings (SSSR count). The zero-order valence-electron chi connectivity index (χ0n) is 12.3. The van der Waals surface area contributed by atoms with Gasteiger partial charge in [-0.3, -0.25) is 10.1 Å². The fourth-order valence-electron chi connectivity index (χ4n) is 2.09. The van der Waals surface area contributed by atoms with Crippen LogP contribution in [0.1, 0.15) is 11.1 Å². The Hall–Kier alpha value is -2.32. The van der Waals surface area contributed by atoms with Crippen molar-refractivity contribution in [2.45, 2.75) is 18.2 Å². The summed E-state index contributed by atoms with van der Waals surface area (Å²) in [6, 6.07) is 10.1. The Morgan fingerprint density at radius 1 is 1.22 bits per heavy atom. The van der Waals surface area contributed by atoms with E-state index in [9.17, 15) is 22.9 Å². The van der Waals surface area contributed by atoms with Gasteiger partial charge in [0.1, 0.15) is 0 Å². The van der Waals surface area contributed by atoms with Crippen molar-refractivity contribution in [2.75, 3.05) is 6.54 Å². The van der Waals surface area contributed by atoms with E-state index in [2.05, 4.69) is 4.72 Å². The lowest BCUT2D eigenvalue weighted by molar-refractivity contribution is -0.387. The number of nitrogens with zero attached hydrogens (tertiary/aromatic N) is 1. The van der Waals surface area contributed by atoms with Gasteiger partial charge in [0.2, 0.25) is 15.8 Å². The van der Waals surface area contributed by atoms with Gasteiger partial charge in [-0.05, 0) is 36.6 Å². The molecule has 2 aromatic rings. The minimum absolute atomic E-state index is 0.137. The van der Waals surface area contributed by atoms with Crippen LogP contribution in [0.25, 0.3) is 0 Å². The highest BCUT2D eigenvalue weighted by Gasteiger charge is 2.21. The molecule has 0 fully saturated rings. The van der Waals surface area contributed by atoms with Crippen molar-refractivity contribution in [3.8, 4) is 0 Å². The van der Waals surface area contributed by atoms with Gasteiger partial charge in [-0.2, -0.15) is 4.39 Å². The number of hydrogen-bond acceptors (Lipinski definition) is 4. The van der Waals surface area contributed by atoms with Crippen LogP contribution in [-0.4, -0.2) is 19.9 Å². The Kier molecular flexibility index (Phi) is 5.07. The van der Waals surface area contributed by atoms with Crippen LogP contribution in [-0.2, 0) is 16.4 Å². The van der Waals surface area contributed by atoms with E-state index in [0.717, 1.165) is 23.3 Å². The van der Waals surface area contributed by atoms with Crippen molar-refractivity contribution >= 4 is 15.7 Å². The first kappa shape index (κ1) is 17.0. The molecule has 23 heavy (non-hydrogen) atoms. The number of halogens is 1. The standard InChI is InChI=1S/C15H15FN2O4S/c1-11-4-2-3-5-12(11)8-9-17-23(21,22)13-6-7-14(16)15(10-13)18(19)20/h2-7,10,17H,8-9H2,1H3. The number of nitrogens with one attached hydrogen (secondary N) is 1. The Morgan fingerprint density at radius 3 is 2.57 bits per heavy atom. The first-order valence-electron chi connectivity index (χ1n) is 6.79. The number of nitro groups is 1. The van der Waals surface area contributed by atoms with Crippen molar-refractivity contribution in [1.82, 2.24) is 4.72 Å². The summed E-state index contributed by atoms with van der Waals surface area (Å²) in [6.45, 7) is 2.06. The molecule has 0 aromatic heterocycles. The largest absolute Gasteiger partial charge is 0.306 e. The molecule has 0 atom stereocenters. The quantitative estimate of drug-likeness (QED) is 0.647. The third-order valence-electron chi connectivity index (χ3n) is 3.37. The average molecular weight is 338 g/mol. The number of aryl methyl sites for hydroxylation is 1. The van der Waals surface area contributed by atoms with Gasteiger partial charge in [-0.1, -0.05) is 24.3 Å². The molecule has 122 valence electrons. The van der Waals surface area contributed by atoms with Gasteiger partial charge in [0.15, 0.2) is 0 Å². The predicted octanol–water partition coefficient (Wildman–Crippen LogP) is 2.56. The van der Waals surface area contributed by atoms with Crippen molar-refractivity contribution in [3.63, 3.8) is 0 Å². The molecule has 0 saturated carbocycles. The van der Waals surface area contributed by atoms with Crippen molar-refractivity contribution in [1.29, 1.82) is 0 Å². The minimum Gasteiger partial charge on any atom is -0.258 e. The Morgan fingerprint density at radius 2 is 1.91 bits per heavy atom. The Labute approximate surface area is 133 Å². The zero-order chi connectivity index (χ0) is 17.0. The molecule has 0 aliphatic heterocycles. The molecule has 0 aliphatic rings. The van der Waals surface area contributed by atoms with Gasteiger partial charge in [0.05, 0.1) is 9.82 Å². The Balaban J connectivity index is 2.12. The molecular weight excluding hydrogens is 323 g/mol. The molecule has 6 nitrogen and oxygen atoms in total. The van der Waals surface area contributed by atoms with Gasteiger partial charge in [-0.25, -0.2) is 13.1 Å². The molecule has 0 amide bonds. The van der Waals surface area contributed by atoms with Gasteiger partial charge >= 0.3 is 5.69 Å². The van der Waals surface area contributed by atoms with Crippen molar-refractivity contribution < 1.29 is 17.7 Å². The summed E-state index contributed by atoms with van der Waals surface area (Å²) in [6.07, 6.45) is 0.481. The number of rotatable bonds is 6. The summed E-state index contributed by atoms with van der Waals surface area (Å²) in [4.78, 5) is 9.39. The molecule has 0 bridgehead atoms. The molecular formula is C15H15FN2O4S.